The van der Waals surface area contributed by atoms with E-state index < -0.39 is 21.2 Å². The van der Waals surface area contributed by atoms with Crippen molar-refractivity contribution in [2.75, 3.05) is 14.2 Å². The van der Waals surface area contributed by atoms with Gasteiger partial charge in [0.2, 0.25) is 11.5 Å². The third-order valence-corrected chi connectivity index (χ3v) is 1.87. The lowest BCUT2D eigenvalue weighted by Gasteiger charge is -2.05. The maximum Gasteiger partial charge on any atom is 0.318 e. The van der Waals surface area contributed by atoms with Gasteiger partial charge in [-0.15, -0.1) is 0 Å². The molecule has 0 N–H and O–H groups in total. The lowest BCUT2D eigenvalue weighted by Crippen LogP contribution is -1.99. The Morgan fingerprint density at radius 1 is 0.938 bits per heavy atom. The van der Waals surface area contributed by atoms with Gasteiger partial charge in [0.15, 0.2) is 0 Å². The van der Waals surface area contributed by atoms with Crippen LogP contribution in [0, 0.1) is 20.2 Å². The maximum atomic E-state index is 10.6. The summed E-state index contributed by atoms with van der Waals surface area (Å²) in [5.41, 5.74) is -0.954. The molecule has 0 aliphatic rings. The fourth-order valence-corrected chi connectivity index (χ4v) is 1.15. The normalized spacial score (nSPS) is 9.62. The standard InChI is InChI=1S/C8H8N2O6/c1-15-7-4-8(16-2)6(10(13)14)3-5(7)9(11)12/h3-4H,1-2H3. The Morgan fingerprint density at radius 2 is 1.31 bits per heavy atom. The average Bonchev–Trinajstić information content (AvgIpc) is 2.26. The minimum Gasteiger partial charge on any atom is -0.490 e. The fraction of sp³-hybridized carbons (Fsp3) is 0.250. The van der Waals surface area contributed by atoms with Crippen molar-refractivity contribution < 1.29 is 19.3 Å². The van der Waals surface area contributed by atoms with E-state index in [4.69, 9.17) is 9.47 Å². The molecule has 0 aliphatic heterocycles. The minimum absolute atomic E-state index is 0.0903. The second kappa shape index (κ2) is 4.43. The second-order valence-corrected chi connectivity index (χ2v) is 2.71. The number of hydrogen-bond donors (Lipinski definition) is 0. The molecule has 0 radical (unpaired) electrons. The molecule has 0 aromatic heterocycles. The van der Waals surface area contributed by atoms with Crippen LogP contribution in [0.25, 0.3) is 0 Å². The van der Waals surface area contributed by atoms with Gasteiger partial charge in [-0.05, 0) is 0 Å². The van der Waals surface area contributed by atoms with Crippen molar-refractivity contribution in [1.29, 1.82) is 0 Å². The van der Waals surface area contributed by atoms with Crippen molar-refractivity contribution in [3.63, 3.8) is 0 Å². The highest BCUT2D eigenvalue weighted by molar-refractivity contribution is 5.61. The predicted molar refractivity (Wildman–Crippen MR) is 52.9 cm³/mol. The van der Waals surface area contributed by atoms with Crippen LogP contribution >= 0.6 is 0 Å². The van der Waals surface area contributed by atoms with Crippen LogP contribution in [0.5, 0.6) is 11.5 Å². The molecule has 0 spiro atoms. The molecular formula is C8H8N2O6. The number of methoxy groups -OCH3 is 2. The van der Waals surface area contributed by atoms with Crippen molar-refractivity contribution in [3.05, 3.63) is 32.4 Å². The molecule has 86 valence electrons. The summed E-state index contributed by atoms with van der Waals surface area (Å²) in [7, 11) is 2.46. The van der Waals surface area contributed by atoms with Crippen LogP contribution < -0.4 is 9.47 Å². The highest BCUT2D eigenvalue weighted by Gasteiger charge is 2.25. The van der Waals surface area contributed by atoms with Gasteiger partial charge in [0.05, 0.1) is 24.1 Å². The summed E-state index contributed by atoms with van der Waals surface area (Å²) in [5, 5.41) is 21.2. The first kappa shape index (κ1) is 11.7. The van der Waals surface area contributed by atoms with E-state index in [0.717, 1.165) is 12.1 Å². The first-order valence-electron chi connectivity index (χ1n) is 4.06. The molecule has 1 aromatic carbocycles. The van der Waals surface area contributed by atoms with Gasteiger partial charge in [0.25, 0.3) is 0 Å². The molecule has 1 rings (SSSR count). The Kier molecular flexibility index (Phi) is 3.24. The van der Waals surface area contributed by atoms with Gasteiger partial charge in [-0.1, -0.05) is 0 Å². The largest absolute Gasteiger partial charge is 0.490 e. The Bertz CT molecular complexity index is 407. The quantitative estimate of drug-likeness (QED) is 0.571. The van der Waals surface area contributed by atoms with Crippen LogP contribution in [0.4, 0.5) is 11.4 Å². The Labute approximate surface area is 89.7 Å². The molecule has 0 heterocycles. The topological polar surface area (TPSA) is 105 Å². The molecule has 8 heteroatoms. The molecule has 0 atom stereocenters. The van der Waals surface area contributed by atoms with Gasteiger partial charge >= 0.3 is 11.4 Å². The number of hydrogen-bond acceptors (Lipinski definition) is 6. The van der Waals surface area contributed by atoms with Gasteiger partial charge in [-0.2, -0.15) is 0 Å². The van der Waals surface area contributed by atoms with Crippen molar-refractivity contribution in [1.82, 2.24) is 0 Å². The van der Waals surface area contributed by atoms with Crippen molar-refractivity contribution in [2.24, 2.45) is 0 Å². The zero-order valence-corrected chi connectivity index (χ0v) is 8.50. The number of benzene rings is 1. The summed E-state index contributed by atoms with van der Waals surface area (Å²) < 4.78 is 9.48. The molecule has 0 amide bonds. The molecule has 0 aliphatic carbocycles. The molecule has 16 heavy (non-hydrogen) atoms. The summed E-state index contributed by atoms with van der Waals surface area (Å²) >= 11 is 0. The monoisotopic (exact) mass is 228 g/mol. The first-order valence-corrected chi connectivity index (χ1v) is 4.06. The Morgan fingerprint density at radius 3 is 1.56 bits per heavy atom. The van der Waals surface area contributed by atoms with E-state index in [9.17, 15) is 20.2 Å². The average molecular weight is 228 g/mol. The number of nitro groups is 2. The van der Waals surface area contributed by atoms with E-state index in [-0.39, 0.29) is 11.5 Å². The van der Waals surface area contributed by atoms with E-state index in [1.807, 2.05) is 0 Å². The molecular weight excluding hydrogens is 220 g/mol. The number of ether oxygens (including phenoxy) is 2. The lowest BCUT2D eigenvalue weighted by atomic mass is 10.2. The predicted octanol–water partition coefficient (Wildman–Crippen LogP) is 1.52. The van der Waals surface area contributed by atoms with Crippen LogP contribution in [0.1, 0.15) is 0 Å². The fourth-order valence-electron chi connectivity index (χ4n) is 1.15. The SMILES string of the molecule is COc1cc(OC)c([N+](=O)[O-])cc1[N+](=O)[O-]. The van der Waals surface area contributed by atoms with Crippen molar-refractivity contribution in [2.45, 2.75) is 0 Å². The zero-order valence-electron chi connectivity index (χ0n) is 8.50. The highest BCUT2D eigenvalue weighted by atomic mass is 16.6. The Hall–Kier alpha value is -2.38. The molecule has 0 fully saturated rings. The van der Waals surface area contributed by atoms with Crippen LogP contribution in [-0.4, -0.2) is 24.1 Å². The molecule has 1 aromatic rings. The van der Waals surface area contributed by atoms with Gasteiger partial charge in [0.1, 0.15) is 6.07 Å². The van der Waals surface area contributed by atoms with Crippen molar-refractivity contribution >= 4 is 11.4 Å². The summed E-state index contributed by atoms with van der Waals surface area (Å²) in [6.45, 7) is 0. The summed E-state index contributed by atoms with van der Waals surface area (Å²) in [6.07, 6.45) is 0. The van der Waals surface area contributed by atoms with Gasteiger partial charge in [0, 0.05) is 6.07 Å². The van der Waals surface area contributed by atoms with E-state index in [0.29, 0.717) is 0 Å². The summed E-state index contributed by atoms with van der Waals surface area (Å²) in [4.78, 5) is 19.7. The zero-order chi connectivity index (χ0) is 12.3. The number of nitro benzene ring substituents is 2. The smallest absolute Gasteiger partial charge is 0.318 e. The van der Waals surface area contributed by atoms with E-state index in [1.165, 1.54) is 14.2 Å². The molecule has 0 unspecified atom stereocenters. The van der Waals surface area contributed by atoms with E-state index in [2.05, 4.69) is 0 Å². The Balaban J connectivity index is 3.46. The molecule has 0 saturated carbocycles. The molecule has 8 nitrogen and oxygen atoms in total. The van der Waals surface area contributed by atoms with Crippen LogP contribution in [0.15, 0.2) is 12.1 Å². The summed E-state index contributed by atoms with van der Waals surface area (Å²) in [5.74, 6) is -0.181. The third-order valence-electron chi connectivity index (χ3n) is 1.87. The second-order valence-electron chi connectivity index (χ2n) is 2.71. The van der Waals surface area contributed by atoms with Crippen molar-refractivity contribution in [3.8, 4) is 11.5 Å². The number of rotatable bonds is 4. The van der Waals surface area contributed by atoms with Gasteiger partial charge in [-0.25, -0.2) is 0 Å². The van der Waals surface area contributed by atoms with Gasteiger partial charge < -0.3 is 9.47 Å². The van der Waals surface area contributed by atoms with Crippen LogP contribution in [0.2, 0.25) is 0 Å². The minimum atomic E-state index is -0.759. The van der Waals surface area contributed by atoms with E-state index in [1.54, 1.807) is 0 Å². The maximum absolute atomic E-state index is 10.6. The van der Waals surface area contributed by atoms with Crippen LogP contribution in [0.3, 0.4) is 0 Å². The van der Waals surface area contributed by atoms with Crippen LogP contribution in [-0.2, 0) is 0 Å². The summed E-state index contributed by atoms with van der Waals surface area (Å²) in [6, 6.07) is 1.91. The first-order chi connectivity index (χ1) is 7.51. The highest BCUT2D eigenvalue weighted by Crippen LogP contribution is 2.38. The number of nitrogens with zero attached hydrogens (tertiary/aromatic N) is 2. The van der Waals surface area contributed by atoms with E-state index >= 15 is 0 Å². The molecule has 0 bridgehead atoms. The van der Waals surface area contributed by atoms with Gasteiger partial charge in [-0.3, -0.25) is 20.2 Å². The molecule has 0 saturated heterocycles. The third kappa shape index (κ3) is 2.00. The lowest BCUT2D eigenvalue weighted by molar-refractivity contribution is -0.395.